The molecule has 1 atom stereocenters. The largest absolute Gasteiger partial charge is 0.311 e. The molecule has 2 aliphatic heterocycles. The van der Waals surface area contributed by atoms with Gasteiger partial charge in [0.15, 0.2) is 0 Å². The lowest BCUT2D eigenvalue weighted by Crippen LogP contribution is -2.60. The molecule has 0 amide bonds. The van der Waals surface area contributed by atoms with Crippen LogP contribution in [0.3, 0.4) is 0 Å². The number of aryl methyl sites for hydroxylation is 2. The number of nitrogens with zero attached hydrogens (tertiary/aromatic N) is 3. The Labute approximate surface area is 411 Å². The van der Waals surface area contributed by atoms with Crippen molar-refractivity contribution in [3.63, 3.8) is 0 Å². The summed E-state index contributed by atoms with van der Waals surface area (Å²) in [6.07, 6.45) is 10.6. The number of fused-ring (bicyclic) bond motifs is 7. The zero-order valence-corrected chi connectivity index (χ0v) is 43.5. The van der Waals surface area contributed by atoms with Gasteiger partial charge in [-0.25, -0.2) is 0 Å². The van der Waals surface area contributed by atoms with E-state index in [4.69, 9.17) is 0 Å². The molecule has 3 nitrogen and oxygen atoms in total. The zero-order valence-electron chi connectivity index (χ0n) is 42.7. The van der Waals surface area contributed by atoms with E-state index in [-0.39, 0.29) is 28.4 Å². The second-order valence-corrected chi connectivity index (χ2v) is 25.0. The van der Waals surface area contributed by atoms with E-state index in [1.807, 2.05) is 11.3 Å². The van der Waals surface area contributed by atoms with Crippen LogP contribution < -0.4 is 30.4 Å². The molecular formula is C63H68BN3S. The summed E-state index contributed by atoms with van der Waals surface area (Å²) in [7, 11) is 0. The van der Waals surface area contributed by atoms with Crippen LogP contribution in [0.1, 0.15) is 129 Å². The molecule has 344 valence electrons. The molecule has 3 heterocycles. The molecule has 6 aromatic carbocycles. The van der Waals surface area contributed by atoms with E-state index in [0.29, 0.717) is 5.92 Å². The summed E-state index contributed by atoms with van der Waals surface area (Å²) < 4.78 is 2.81. The van der Waals surface area contributed by atoms with Crippen LogP contribution in [0.5, 0.6) is 0 Å². The van der Waals surface area contributed by atoms with Crippen molar-refractivity contribution in [1.82, 2.24) is 0 Å². The van der Waals surface area contributed by atoms with Crippen molar-refractivity contribution in [2.24, 2.45) is 5.92 Å². The minimum absolute atomic E-state index is 0.0334. The predicted molar refractivity (Wildman–Crippen MR) is 298 cm³/mol. The van der Waals surface area contributed by atoms with Crippen LogP contribution in [0.2, 0.25) is 0 Å². The fraction of sp³-hybridized carbons (Fsp3) is 0.333. The normalized spacial score (nSPS) is 17.9. The van der Waals surface area contributed by atoms with Crippen molar-refractivity contribution in [2.75, 3.05) is 14.7 Å². The standard InChI is InChI=1S/C63H68BN3S/c1-39-17-16-19-46(33-39)65(52-20-15-14-18-41(52)3)47-29-30-51-53(36-47)66(44-25-21-42(22-26-44)60(4,5)6)54-34-40(2)35-55-57(54)64(51)59-58(67(55)45-27-23-43(24-28-45)61(7,8)9)48-37-49-50(38-56(48)68-59)63(12,13)32-31-62(49,10)11/h14-16,18-30,33-39H,17,31-32H2,1-13H3. The van der Waals surface area contributed by atoms with Crippen LogP contribution in [-0.2, 0) is 21.7 Å². The number of thiophene rings is 1. The van der Waals surface area contributed by atoms with Gasteiger partial charge in [0.1, 0.15) is 0 Å². The van der Waals surface area contributed by atoms with Gasteiger partial charge in [-0.05, 0) is 178 Å². The van der Waals surface area contributed by atoms with Gasteiger partial charge in [0.25, 0.3) is 6.71 Å². The van der Waals surface area contributed by atoms with Gasteiger partial charge in [0.2, 0.25) is 0 Å². The van der Waals surface area contributed by atoms with Gasteiger partial charge in [0, 0.05) is 60.4 Å². The monoisotopic (exact) mass is 910 g/mol. The van der Waals surface area contributed by atoms with Crippen molar-refractivity contribution in [3.8, 4) is 0 Å². The van der Waals surface area contributed by atoms with Gasteiger partial charge in [-0.3, -0.25) is 0 Å². The second kappa shape index (κ2) is 15.6. The molecule has 68 heavy (non-hydrogen) atoms. The maximum absolute atomic E-state index is 2.65. The SMILES string of the molecule is Cc1cc2c3c(c1)N(c1ccc(C(C)(C)C)cc1)c1c(sc4cc5c(cc14)C(C)(C)CCC5(C)C)B3c1ccc(N(C3=CC(C)CC=C3)c3ccccc3C)cc1N2c1ccc(C(C)(C)C)cc1. The summed E-state index contributed by atoms with van der Waals surface area (Å²) in [5.41, 5.74) is 22.3. The lowest BCUT2D eigenvalue weighted by Gasteiger charge is -2.44. The van der Waals surface area contributed by atoms with Crippen molar-refractivity contribution in [2.45, 2.75) is 131 Å². The van der Waals surface area contributed by atoms with Crippen LogP contribution >= 0.6 is 11.3 Å². The highest BCUT2D eigenvalue weighted by Crippen LogP contribution is 2.53. The van der Waals surface area contributed by atoms with Crippen LogP contribution in [0.15, 0.2) is 139 Å². The number of para-hydroxylation sites is 1. The molecule has 0 spiro atoms. The third-order valence-electron chi connectivity index (χ3n) is 15.9. The first-order chi connectivity index (χ1) is 32.2. The second-order valence-electron chi connectivity index (χ2n) is 24.0. The Kier molecular flexibility index (Phi) is 10.3. The number of rotatable bonds is 5. The number of benzene rings is 6. The fourth-order valence-corrected chi connectivity index (χ4v) is 13.1. The Bertz CT molecular complexity index is 3220. The smallest absolute Gasteiger partial charge is 0.264 e. The van der Waals surface area contributed by atoms with E-state index in [1.165, 1.54) is 123 Å². The number of allylic oxidation sites excluding steroid dienone is 3. The molecule has 0 radical (unpaired) electrons. The molecule has 0 bridgehead atoms. The van der Waals surface area contributed by atoms with Gasteiger partial charge < -0.3 is 14.7 Å². The molecule has 2 aliphatic carbocycles. The molecule has 0 N–H and O–H groups in total. The maximum Gasteiger partial charge on any atom is 0.264 e. The Morgan fingerprint density at radius 1 is 0.662 bits per heavy atom. The Balaban J connectivity index is 1.23. The Hall–Kier alpha value is -5.78. The van der Waals surface area contributed by atoms with E-state index in [2.05, 4.69) is 238 Å². The van der Waals surface area contributed by atoms with Crippen molar-refractivity contribution in [1.29, 1.82) is 0 Å². The van der Waals surface area contributed by atoms with Gasteiger partial charge in [-0.15, -0.1) is 11.3 Å². The van der Waals surface area contributed by atoms with E-state index >= 15 is 0 Å². The topological polar surface area (TPSA) is 9.72 Å². The average Bonchev–Trinajstić information content (AvgIpc) is 3.66. The molecule has 7 aromatic rings. The summed E-state index contributed by atoms with van der Waals surface area (Å²) in [5, 5.41) is 1.37. The zero-order chi connectivity index (χ0) is 47.8. The van der Waals surface area contributed by atoms with Gasteiger partial charge in [-0.2, -0.15) is 0 Å². The molecule has 1 aromatic heterocycles. The highest BCUT2D eigenvalue weighted by molar-refractivity contribution is 7.33. The van der Waals surface area contributed by atoms with Crippen LogP contribution in [0, 0.1) is 19.8 Å². The highest BCUT2D eigenvalue weighted by atomic mass is 32.1. The first-order valence-corrected chi connectivity index (χ1v) is 26.0. The molecule has 0 saturated carbocycles. The molecule has 1 unspecified atom stereocenters. The van der Waals surface area contributed by atoms with E-state index in [1.54, 1.807) is 0 Å². The van der Waals surface area contributed by atoms with Gasteiger partial charge in [-0.1, -0.05) is 137 Å². The van der Waals surface area contributed by atoms with Crippen LogP contribution in [-0.4, -0.2) is 6.71 Å². The lowest BCUT2D eigenvalue weighted by atomic mass is 9.36. The van der Waals surface area contributed by atoms with E-state index in [9.17, 15) is 0 Å². The molecular weight excluding hydrogens is 842 g/mol. The minimum atomic E-state index is 0.0334. The molecule has 11 rings (SSSR count). The quantitative estimate of drug-likeness (QED) is 0.159. The van der Waals surface area contributed by atoms with Crippen LogP contribution in [0.4, 0.5) is 45.5 Å². The minimum Gasteiger partial charge on any atom is -0.311 e. The lowest BCUT2D eigenvalue weighted by molar-refractivity contribution is 0.332. The molecule has 0 fully saturated rings. The summed E-state index contributed by atoms with van der Waals surface area (Å²) in [6, 6.07) is 45.4. The summed E-state index contributed by atoms with van der Waals surface area (Å²) in [5.74, 6) is 0.452. The van der Waals surface area contributed by atoms with Crippen molar-refractivity contribution >= 4 is 89.3 Å². The van der Waals surface area contributed by atoms with Gasteiger partial charge >= 0.3 is 0 Å². The van der Waals surface area contributed by atoms with E-state index < -0.39 is 0 Å². The first-order valence-electron chi connectivity index (χ1n) is 25.1. The Morgan fingerprint density at radius 3 is 1.85 bits per heavy atom. The van der Waals surface area contributed by atoms with Crippen molar-refractivity contribution < 1.29 is 0 Å². The number of hydrogen-bond donors (Lipinski definition) is 0. The number of hydrogen-bond acceptors (Lipinski definition) is 4. The molecule has 4 aliphatic rings. The average molecular weight is 910 g/mol. The first kappa shape index (κ1) is 44.7. The third-order valence-corrected chi connectivity index (χ3v) is 17.1. The fourth-order valence-electron chi connectivity index (χ4n) is 11.8. The summed E-state index contributed by atoms with van der Waals surface area (Å²) in [4.78, 5) is 7.75. The summed E-state index contributed by atoms with van der Waals surface area (Å²) in [6.45, 7) is 30.7. The van der Waals surface area contributed by atoms with Crippen LogP contribution in [0.25, 0.3) is 10.1 Å². The number of anilines is 8. The molecule has 0 saturated heterocycles. The maximum atomic E-state index is 2.65. The van der Waals surface area contributed by atoms with Gasteiger partial charge in [0.05, 0.1) is 5.69 Å². The van der Waals surface area contributed by atoms with E-state index in [0.717, 1.165) is 6.42 Å². The van der Waals surface area contributed by atoms with Crippen molar-refractivity contribution in [3.05, 3.63) is 173 Å². The Morgan fingerprint density at radius 2 is 1.25 bits per heavy atom. The predicted octanol–water partition coefficient (Wildman–Crippen LogP) is 16.2. The molecule has 5 heteroatoms. The summed E-state index contributed by atoms with van der Waals surface area (Å²) >= 11 is 2.03. The highest BCUT2D eigenvalue weighted by Gasteiger charge is 2.47. The third kappa shape index (κ3) is 7.21.